The van der Waals surface area contributed by atoms with Crippen LogP contribution in [-0.2, 0) is 57.8 Å². The molecule has 0 bridgehead atoms. The maximum Gasteiger partial charge on any atom is 0.128 e. The molecule has 0 radical (unpaired) electrons. The predicted octanol–water partition coefficient (Wildman–Crippen LogP) is 27.8. The number of hydrogen-bond donors (Lipinski definition) is 0. The number of aromatic nitrogens is 13. The van der Waals surface area contributed by atoms with E-state index in [0.717, 1.165) is 80.7 Å². The minimum Gasteiger partial charge on any atom is -0.264 e. The van der Waals surface area contributed by atoms with E-state index < -0.39 is 0 Å². The van der Waals surface area contributed by atoms with Crippen molar-refractivity contribution >= 4 is 0 Å². The predicted molar refractivity (Wildman–Crippen MR) is 486 cm³/mol. The minimum atomic E-state index is 0.279. The average Bonchev–Trinajstić information content (AvgIpc) is 0.982. The molecule has 13 nitrogen and oxygen atoms in total. The number of nitrogens with zero attached hydrogens (tertiary/aromatic N) is 13. The Bertz CT molecular complexity index is 2620. The molecule has 1 aromatic carbocycles. The van der Waals surface area contributed by atoms with Crippen LogP contribution in [0.3, 0.4) is 0 Å². The summed E-state index contributed by atoms with van der Waals surface area (Å²) in [5, 5.41) is 7.83. The van der Waals surface area contributed by atoms with Crippen LogP contribution >= 0.6 is 0 Å². The van der Waals surface area contributed by atoms with Crippen molar-refractivity contribution < 1.29 is 0 Å². The molecule has 0 saturated carbocycles. The molecule has 8 aromatic heterocycles. The first-order valence-corrected chi connectivity index (χ1v) is 41.2. The van der Waals surface area contributed by atoms with E-state index in [1.165, 1.54) is 27.9 Å². The van der Waals surface area contributed by atoms with Gasteiger partial charge in [-0.25, -0.2) is 29.9 Å². The second kappa shape index (κ2) is 64.6. The van der Waals surface area contributed by atoms with E-state index in [0.29, 0.717) is 43.3 Å². The van der Waals surface area contributed by atoms with Gasteiger partial charge >= 0.3 is 0 Å². The first kappa shape index (κ1) is 114. The van der Waals surface area contributed by atoms with Gasteiger partial charge in [-0.3, -0.25) is 24.9 Å². The van der Waals surface area contributed by atoms with E-state index in [4.69, 9.17) is 0 Å². The molecule has 0 amide bonds. The molecule has 9 rings (SSSR count). The summed E-state index contributed by atoms with van der Waals surface area (Å²) in [6.07, 6.45) is 37.9. The quantitative estimate of drug-likeness (QED) is 0.134. The van der Waals surface area contributed by atoms with Crippen molar-refractivity contribution in [2.24, 2.45) is 48.7 Å². The van der Waals surface area contributed by atoms with Gasteiger partial charge in [0.25, 0.3) is 0 Å². The van der Waals surface area contributed by atoms with Crippen LogP contribution in [0.15, 0.2) is 196 Å². The van der Waals surface area contributed by atoms with Crippen molar-refractivity contribution in [2.75, 3.05) is 0 Å². The number of pyridine rings is 3. The third kappa shape index (κ3) is 85.9. The molecule has 111 heavy (non-hydrogen) atoms. The summed E-state index contributed by atoms with van der Waals surface area (Å²) >= 11 is 0. The van der Waals surface area contributed by atoms with Gasteiger partial charge in [-0.05, 0) is 171 Å². The summed E-state index contributed by atoms with van der Waals surface area (Å²) in [6.45, 7) is 83.8. The van der Waals surface area contributed by atoms with E-state index in [-0.39, 0.29) is 5.41 Å². The van der Waals surface area contributed by atoms with Crippen LogP contribution < -0.4 is 0 Å². The second-order valence-electron chi connectivity index (χ2n) is 36.2. The zero-order valence-electron chi connectivity index (χ0n) is 78.7. The smallest absolute Gasteiger partial charge is 0.128 e. The van der Waals surface area contributed by atoms with Crippen LogP contribution in [0.25, 0.3) is 0 Å². The average molecular weight is 1530 g/mol. The topological polar surface area (TPSA) is 168 Å². The lowest BCUT2D eigenvalue weighted by Crippen LogP contribution is -2.11. The van der Waals surface area contributed by atoms with Crippen LogP contribution in [0, 0.1) is 48.7 Å². The number of rotatable bonds is 9. The Kier molecular flexibility index (Phi) is 66.3. The molecule has 13 heteroatoms. The number of benzene rings is 1. The monoisotopic (exact) mass is 1530 g/mol. The van der Waals surface area contributed by atoms with Crippen LogP contribution in [0.5, 0.6) is 0 Å². The highest BCUT2D eigenvalue weighted by Gasteiger charge is 2.17. The summed E-state index contributed by atoms with van der Waals surface area (Å²) in [6, 6.07) is 32.7. The van der Waals surface area contributed by atoms with Gasteiger partial charge in [-0.2, -0.15) is 10.2 Å². The van der Waals surface area contributed by atoms with E-state index in [1.54, 1.807) is 49.8 Å². The Balaban J connectivity index is -0.000000274. The third-order valence-electron chi connectivity index (χ3n) is 12.6. The molecule has 0 aliphatic rings. The standard InChI is InChI=1S/C11H16.3C10H15N.5C9H14N2.6C2H6/c1-11(2,3)9-10-7-5-4-6-8-10;2*1-10(2,3)7-9-5-4-6-11-8-9;1-10(2,3)8-9-6-4-5-7-11-9;1-9(2,3)4-8-5-10-7-11-6-8;1-9(2,3)6-8-7-10-4-5-11-8;1-9(2,3)6-8-4-5-10-7-11-8;1-9(2,3)7-8-10-5-4-6-11-8;1-9(2,3)7-8-5-4-6-10-11-8;6*1-2/h4-8H,9H2,1-3H3;2*4-6,8H,7H2,1-3H3;4-7H,8H2,1-3H3;5-7H,4H2,1-3H3;2*4-5,7H,6H2,1-3H3;2*4-6H,7H2,1-3H3;6*1-2H3. The van der Waals surface area contributed by atoms with Crippen LogP contribution in [-0.4, -0.2) is 65.0 Å². The molecule has 0 unspecified atom stereocenters. The summed E-state index contributed by atoms with van der Waals surface area (Å²) in [7, 11) is 0. The molecule has 8 heterocycles. The Morgan fingerprint density at radius 1 is 0.198 bits per heavy atom. The maximum atomic E-state index is 4.26. The molecule has 0 aliphatic heterocycles. The Morgan fingerprint density at radius 3 is 0.883 bits per heavy atom. The fraction of sp³-hybridized carbons (Fsp3) is 0.582. The zero-order chi connectivity index (χ0) is 86.9. The molecular weight excluding hydrogens is 1360 g/mol. The summed E-state index contributed by atoms with van der Waals surface area (Å²) in [4.78, 5) is 44.8. The van der Waals surface area contributed by atoms with Crippen molar-refractivity contribution in [3.05, 3.63) is 247 Å². The molecule has 0 saturated heterocycles. The molecule has 9 aromatic rings. The van der Waals surface area contributed by atoms with E-state index in [9.17, 15) is 0 Å². The highest BCUT2D eigenvalue weighted by molar-refractivity contribution is 5.16. The van der Waals surface area contributed by atoms with E-state index >= 15 is 0 Å². The van der Waals surface area contributed by atoms with Crippen molar-refractivity contribution in [3.8, 4) is 0 Å². The molecule has 0 spiro atoms. The molecular formula is C98H167N13. The second-order valence-corrected chi connectivity index (χ2v) is 36.2. The zero-order valence-corrected chi connectivity index (χ0v) is 78.7. The third-order valence-corrected chi connectivity index (χ3v) is 12.6. The highest BCUT2D eigenvalue weighted by Crippen LogP contribution is 2.25. The van der Waals surface area contributed by atoms with Gasteiger partial charge in [-0.1, -0.05) is 319 Å². The molecule has 624 valence electrons. The normalized spacial score (nSPS) is 10.6. The van der Waals surface area contributed by atoms with Gasteiger partial charge in [0.15, 0.2) is 0 Å². The van der Waals surface area contributed by atoms with Crippen molar-refractivity contribution in [1.82, 2.24) is 65.0 Å². The maximum absolute atomic E-state index is 4.26. The van der Waals surface area contributed by atoms with Crippen molar-refractivity contribution in [3.63, 3.8) is 0 Å². The lowest BCUT2D eigenvalue weighted by atomic mass is 9.88. The Morgan fingerprint density at radius 2 is 0.532 bits per heavy atom. The number of hydrogen-bond acceptors (Lipinski definition) is 13. The first-order valence-electron chi connectivity index (χ1n) is 41.2. The van der Waals surface area contributed by atoms with Gasteiger partial charge in [0, 0.05) is 105 Å². The SMILES string of the molecule is CC.CC.CC.CC.CC.CC.CC(C)(C)Cc1ccccc1.CC(C)(C)Cc1ccccn1.CC(C)(C)Cc1cccnc1.CC(C)(C)Cc1cccnc1.CC(C)(C)Cc1cccnn1.CC(C)(C)Cc1ccncn1.CC(C)(C)Cc1cnccn1.CC(C)(C)Cc1cncnc1.CC(C)(C)Cc1ncccn1. The van der Waals surface area contributed by atoms with Crippen molar-refractivity contribution in [2.45, 2.75) is 328 Å². The molecule has 0 fully saturated rings. The van der Waals surface area contributed by atoms with Gasteiger partial charge in [0.05, 0.1) is 11.4 Å². The lowest BCUT2D eigenvalue weighted by molar-refractivity contribution is 0.400. The fourth-order valence-corrected chi connectivity index (χ4v) is 9.32. The van der Waals surface area contributed by atoms with Crippen LogP contribution in [0.2, 0.25) is 0 Å². The van der Waals surface area contributed by atoms with Crippen molar-refractivity contribution in [1.29, 1.82) is 0 Å². The fourth-order valence-electron chi connectivity index (χ4n) is 9.32. The lowest BCUT2D eigenvalue weighted by Gasteiger charge is -2.17. The van der Waals surface area contributed by atoms with E-state index in [1.807, 2.05) is 181 Å². The molecule has 0 aliphatic carbocycles. The largest absolute Gasteiger partial charge is 0.264 e. The van der Waals surface area contributed by atoms with E-state index in [2.05, 4.69) is 300 Å². The van der Waals surface area contributed by atoms with Gasteiger partial charge in [0.2, 0.25) is 0 Å². The molecule has 0 atom stereocenters. The Labute approximate surface area is 685 Å². The van der Waals surface area contributed by atoms with Gasteiger partial charge in [0.1, 0.15) is 18.5 Å². The summed E-state index contributed by atoms with van der Waals surface area (Å²) in [5.41, 5.74) is 12.7. The van der Waals surface area contributed by atoms with Gasteiger partial charge < -0.3 is 0 Å². The first-order chi connectivity index (χ1) is 51.7. The molecule has 0 N–H and O–H groups in total. The minimum absolute atomic E-state index is 0.279. The highest BCUT2D eigenvalue weighted by atomic mass is 15.1. The van der Waals surface area contributed by atoms with Crippen LogP contribution in [0.4, 0.5) is 0 Å². The van der Waals surface area contributed by atoms with Gasteiger partial charge in [-0.15, -0.1) is 0 Å². The summed E-state index contributed by atoms with van der Waals surface area (Å²) in [5.74, 6) is 0.931. The van der Waals surface area contributed by atoms with Crippen LogP contribution in [0.1, 0.15) is 321 Å². The summed E-state index contributed by atoms with van der Waals surface area (Å²) < 4.78 is 0. The Hall–Kier alpha value is -7.93.